The van der Waals surface area contributed by atoms with Gasteiger partial charge in [-0.15, -0.1) is 0 Å². The molecule has 4 rings (SSSR count). The molecule has 142 valence electrons. The number of hydrogen-bond acceptors (Lipinski definition) is 4. The second-order valence-electron chi connectivity index (χ2n) is 7.77. The molecule has 0 unspecified atom stereocenters. The predicted molar refractivity (Wildman–Crippen MR) is 109 cm³/mol. The lowest BCUT2D eigenvalue weighted by Gasteiger charge is -2.36. The third kappa shape index (κ3) is 3.83. The zero-order valence-corrected chi connectivity index (χ0v) is 16.3. The van der Waals surface area contributed by atoms with Gasteiger partial charge in [0.2, 0.25) is 5.91 Å². The quantitative estimate of drug-likeness (QED) is 0.840. The van der Waals surface area contributed by atoms with Crippen molar-refractivity contribution in [3.05, 3.63) is 53.9 Å². The molecule has 3 heterocycles. The molecule has 5 nitrogen and oxygen atoms in total. The number of fused-ring (bicyclic) bond motifs is 1. The highest BCUT2D eigenvalue weighted by atomic mass is 16.2. The summed E-state index contributed by atoms with van der Waals surface area (Å²) < 4.78 is 0. The van der Waals surface area contributed by atoms with Gasteiger partial charge in [-0.2, -0.15) is 0 Å². The molecule has 0 bridgehead atoms. The van der Waals surface area contributed by atoms with E-state index in [0.717, 1.165) is 51.3 Å². The minimum absolute atomic E-state index is 0.104. The van der Waals surface area contributed by atoms with Crippen LogP contribution < -0.4 is 9.80 Å². The Kier molecular flexibility index (Phi) is 5.12. The van der Waals surface area contributed by atoms with Crippen LogP contribution in [-0.4, -0.2) is 49.0 Å². The fourth-order valence-electron chi connectivity index (χ4n) is 4.15. The van der Waals surface area contributed by atoms with Gasteiger partial charge in [0.25, 0.3) is 0 Å². The van der Waals surface area contributed by atoms with E-state index >= 15 is 0 Å². The summed E-state index contributed by atoms with van der Waals surface area (Å²) in [5.41, 5.74) is 4.93. The molecule has 0 N–H and O–H groups in total. The number of carbonyl (C=O) groups is 1. The molecule has 0 aliphatic carbocycles. The number of aromatic nitrogens is 1. The number of benzene rings is 1. The standard InChI is InChI=1S/C22H28N4O/c1-17-3-5-19-6-4-18(15-21(19)24(2)22(17)27)16-25-11-13-26(14-12-25)20-7-9-23-10-8-20/h4,6-10,15,17H,3,5,11-14,16H2,1-2H3/t17-/m0/s1. The molecule has 1 saturated heterocycles. The summed E-state index contributed by atoms with van der Waals surface area (Å²) in [6.45, 7) is 7.13. The van der Waals surface area contributed by atoms with Gasteiger partial charge in [0.1, 0.15) is 0 Å². The summed E-state index contributed by atoms with van der Waals surface area (Å²) in [5, 5.41) is 0. The number of amides is 1. The second-order valence-corrected chi connectivity index (χ2v) is 7.77. The number of pyridine rings is 1. The van der Waals surface area contributed by atoms with Crippen molar-refractivity contribution in [2.24, 2.45) is 5.92 Å². The minimum Gasteiger partial charge on any atom is -0.369 e. The van der Waals surface area contributed by atoms with Crippen LogP contribution >= 0.6 is 0 Å². The summed E-state index contributed by atoms with van der Waals surface area (Å²) in [7, 11) is 1.92. The highest BCUT2D eigenvalue weighted by Crippen LogP contribution is 2.30. The van der Waals surface area contributed by atoms with Crippen molar-refractivity contribution in [2.75, 3.05) is 43.0 Å². The van der Waals surface area contributed by atoms with Gasteiger partial charge in [0.15, 0.2) is 0 Å². The molecule has 2 aliphatic heterocycles. The highest BCUT2D eigenvalue weighted by molar-refractivity contribution is 5.95. The SMILES string of the molecule is C[C@H]1CCc2ccc(CN3CCN(c4ccncc4)CC3)cc2N(C)C1=O. The Balaban J connectivity index is 1.42. The van der Waals surface area contributed by atoms with Crippen molar-refractivity contribution in [2.45, 2.75) is 26.3 Å². The van der Waals surface area contributed by atoms with E-state index in [1.54, 1.807) is 0 Å². The molecule has 0 radical (unpaired) electrons. The zero-order chi connectivity index (χ0) is 18.8. The molecule has 0 saturated carbocycles. The molecule has 1 atom stereocenters. The van der Waals surface area contributed by atoms with Crippen molar-refractivity contribution >= 4 is 17.3 Å². The van der Waals surface area contributed by atoms with E-state index in [0.29, 0.717) is 0 Å². The van der Waals surface area contributed by atoms with Crippen LogP contribution in [0.25, 0.3) is 0 Å². The van der Waals surface area contributed by atoms with Gasteiger partial charge in [-0.25, -0.2) is 0 Å². The van der Waals surface area contributed by atoms with Crippen molar-refractivity contribution in [3.8, 4) is 0 Å². The van der Waals surface area contributed by atoms with E-state index in [9.17, 15) is 4.79 Å². The summed E-state index contributed by atoms with van der Waals surface area (Å²) in [6.07, 6.45) is 5.63. The molecule has 27 heavy (non-hydrogen) atoms. The van der Waals surface area contributed by atoms with Gasteiger partial charge >= 0.3 is 0 Å². The summed E-state index contributed by atoms with van der Waals surface area (Å²) in [4.78, 5) is 23.4. The first kappa shape index (κ1) is 18.0. The topological polar surface area (TPSA) is 39.7 Å². The third-order valence-corrected chi connectivity index (χ3v) is 5.92. The average Bonchev–Trinajstić information content (AvgIpc) is 2.82. The van der Waals surface area contributed by atoms with Crippen LogP contribution in [0.5, 0.6) is 0 Å². The number of rotatable bonds is 3. The molecule has 2 aromatic rings. The maximum absolute atomic E-state index is 12.5. The summed E-state index contributed by atoms with van der Waals surface area (Å²) in [6, 6.07) is 10.8. The average molecular weight is 364 g/mol. The molecule has 1 aromatic carbocycles. The first-order valence-electron chi connectivity index (χ1n) is 9.88. The second kappa shape index (κ2) is 7.69. The Morgan fingerprint density at radius 2 is 1.81 bits per heavy atom. The fourth-order valence-corrected chi connectivity index (χ4v) is 4.15. The van der Waals surface area contributed by atoms with Crippen LogP contribution in [-0.2, 0) is 17.8 Å². The van der Waals surface area contributed by atoms with Gasteiger partial charge < -0.3 is 9.80 Å². The van der Waals surface area contributed by atoms with Crippen molar-refractivity contribution in [1.82, 2.24) is 9.88 Å². The molecular formula is C22H28N4O. The Hall–Kier alpha value is -2.40. The van der Waals surface area contributed by atoms with Crippen LogP contribution in [0.15, 0.2) is 42.7 Å². The first-order chi connectivity index (χ1) is 13.1. The van der Waals surface area contributed by atoms with Crippen LogP contribution in [0.3, 0.4) is 0 Å². The van der Waals surface area contributed by atoms with E-state index in [4.69, 9.17) is 0 Å². The smallest absolute Gasteiger partial charge is 0.229 e. The molecule has 0 spiro atoms. The highest BCUT2D eigenvalue weighted by Gasteiger charge is 2.25. The molecular weight excluding hydrogens is 336 g/mol. The van der Waals surface area contributed by atoms with E-state index in [-0.39, 0.29) is 11.8 Å². The fraction of sp³-hybridized carbons (Fsp3) is 0.455. The lowest BCUT2D eigenvalue weighted by Crippen LogP contribution is -2.46. The van der Waals surface area contributed by atoms with E-state index in [1.165, 1.54) is 16.8 Å². The lowest BCUT2D eigenvalue weighted by molar-refractivity contribution is -0.121. The number of piperazine rings is 1. The van der Waals surface area contributed by atoms with Gasteiger partial charge in [0.05, 0.1) is 0 Å². The van der Waals surface area contributed by atoms with Crippen LogP contribution in [0.4, 0.5) is 11.4 Å². The van der Waals surface area contributed by atoms with Gasteiger partial charge in [-0.3, -0.25) is 14.7 Å². The Bertz CT molecular complexity index is 799. The van der Waals surface area contributed by atoms with E-state index < -0.39 is 0 Å². The minimum atomic E-state index is 0.104. The summed E-state index contributed by atoms with van der Waals surface area (Å²) >= 11 is 0. The number of nitrogens with zero attached hydrogens (tertiary/aromatic N) is 4. The van der Waals surface area contributed by atoms with Crippen molar-refractivity contribution in [3.63, 3.8) is 0 Å². The summed E-state index contributed by atoms with van der Waals surface area (Å²) in [5.74, 6) is 0.337. The number of hydrogen-bond donors (Lipinski definition) is 0. The van der Waals surface area contributed by atoms with Crippen LogP contribution in [0, 0.1) is 5.92 Å². The molecule has 1 fully saturated rings. The molecule has 5 heteroatoms. The number of aryl methyl sites for hydroxylation is 1. The first-order valence-corrected chi connectivity index (χ1v) is 9.88. The zero-order valence-electron chi connectivity index (χ0n) is 16.3. The van der Waals surface area contributed by atoms with E-state index in [1.807, 2.05) is 31.3 Å². The Labute approximate surface area is 161 Å². The van der Waals surface area contributed by atoms with Crippen LogP contribution in [0.1, 0.15) is 24.5 Å². The monoisotopic (exact) mass is 364 g/mol. The molecule has 2 aliphatic rings. The number of anilines is 2. The van der Waals surface area contributed by atoms with Crippen LogP contribution in [0.2, 0.25) is 0 Å². The van der Waals surface area contributed by atoms with Crippen molar-refractivity contribution in [1.29, 1.82) is 0 Å². The lowest BCUT2D eigenvalue weighted by atomic mass is 10.0. The number of carbonyl (C=O) groups excluding carboxylic acids is 1. The van der Waals surface area contributed by atoms with E-state index in [2.05, 4.69) is 45.1 Å². The molecule has 1 amide bonds. The largest absolute Gasteiger partial charge is 0.369 e. The van der Waals surface area contributed by atoms with Gasteiger partial charge in [-0.05, 0) is 42.2 Å². The maximum Gasteiger partial charge on any atom is 0.229 e. The maximum atomic E-state index is 12.5. The predicted octanol–water partition coefficient (Wildman–Crippen LogP) is 2.95. The van der Waals surface area contributed by atoms with Crippen molar-refractivity contribution < 1.29 is 4.79 Å². The Morgan fingerprint density at radius 3 is 2.56 bits per heavy atom. The normalized spacial score (nSPS) is 21.1. The van der Waals surface area contributed by atoms with Gasteiger partial charge in [-0.1, -0.05) is 19.1 Å². The third-order valence-electron chi connectivity index (χ3n) is 5.92. The molecule has 1 aromatic heterocycles. The Morgan fingerprint density at radius 1 is 1.07 bits per heavy atom. The van der Waals surface area contributed by atoms with Gasteiger partial charge in [0, 0.05) is 69.5 Å².